The molecule has 5 atom stereocenters. The van der Waals surface area contributed by atoms with Crippen molar-refractivity contribution in [3.63, 3.8) is 0 Å². The predicted molar refractivity (Wildman–Crippen MR) is 51.1 cm³/mol. The van der Waals surface area contributed by atoms with Crippen LogP contribution in [0.2, 0.25) is 0 Å². The number of ketones is 1. The van der Waals surface area contributed by atoms with E-state index < -0.39 is 0 Å². The number of carbonyl (C=O) groups is 1. The highest BCUT2D eigenvalue weighted by atomic mass is 16.1. The molecule has 0 aromatic carbocycles. The Hall–Kier alpha value is -0.590. The van der Waals surface area contributed by atoms with E-state index in [0.29, 0.717) is 29.5 Å². The van der Waals surface area contributed by atoms with Gasteiger partial charge in [0.05, 0.1) is 0 Å². The van der Waals surface area contributed by atoms with Crippen molar-refractivity contribution < 1.29 is 4.79 Å². The molecule has 3 saturated carbocycles. The highest BCUT2D eigenvalue weighted by Crippen LogP contribution is 2.74. The Kier molecular flexibility index (Phi) is 1.15. The molecule has 13 heavy (non-hydrogen) atoms. The molecular formula is C12H16O. The zero-order valence-electron chi connectivity index (χ0n) is 8.29. The van der Waals surface area contributed by atoms with E-state index in [0.717, 1.165) is 5.92 Å². The third kappa shape index (κ3) is 0.651. The Morgan fingerprint density at radius 1 is 1.46 bits per heavy atom. The number of hydrogen-bond donors (Lipinski definition) is 0. The monoisotopic (exact) mass is 176 g/mol. The molecular weight excluding hydrogens is 160 g/mol. The smallest absolute Gasteiger partial charge is 0.142 e. The molecule has 0 spiro atoms. The first-order valence-electron chi connectivity index (χ1n) is 5.26. The molecule has 70 valence electrons. The van der Waals surface area contributed by atoms with Crippen LogP contribution in [-0.4, -0.2) is 5.78 Å². The fourth-order valence-electron chi connectivity index (χ4n) is 4.03. The van der Waals surface area contributed by atoms with E-state index in [1.54, 1.807) is 0 Å². The lowest BCUT2D eigenvalue weighted by Gasteiger charge is -2.24. The molecule has 0 aliphatic heterocycles. The highest BCUT2D eigenvalue weighted by molar-refractivity contribution is 5.93. The topological polar surface area (TPSA) is 17.1 Å². The van der Waals surface area contributed by atoms with Gasteiger partial charge in [0.25, 0.3) is 0 Å². The summed E-state index contributed by atoms with van der Waals surface area (Å²) >= 11 is 0. The predicted octanol–water partition coefficient (Wildman–Crippen LogP) is 2.28. The first-order chi connectivity index (χ1) is 6.09. The van der Waals surface area contributed by atoms with Crippen LogP contribution >= 0.6 is 0 Å². The van der Waals surface area contributed by atoms with Gasteiger partial charge >= 0.3 is 0 Å². The van der Waals surface area contributed by atoms with Gasteiger partial charge in [-0.05, 0) is 30.1 Å². The normalized spacial score (nSPS) is 54.9. The van der Waals surface area contributed by atoms with Crippen LogP contribution in [0.25, 0.3) is 0 Å². The second-order valence-corrected chi connectivity index (χ2v) is 5.51. The van der Waals surface area contributed by atoms with Crippen molar-refractivity contribution in [3.05, 3.63) is 12.7 Å². The summed E-state index contributed by atoms with van der Waals surface area (Å²) in [5.41, 5.74) is -0.0242. The zero-order valence-corrected chi connectivity index (χ0v) is 8.29. The molecule has 0 aromatic rings. The second-order valence-electron chi connectivity index (χ2n) is 5.51. The van der Waals surface area contributed by atoms with Crippen molar-refractivity contribution in [2.75, 3.05) is 0 Å². The van der Waals surface area contributed by atoms with E-state index in [1.165, 1.54) is 6.42 Å². The molecule has 1 nitrogen and oxygen atoms in total. The molecule has 0 amide bonds. The van der Waals surface area contributed by atoms with E-state index in [4.69, 9.17) is 0 Å². The van der Waals surface area contributed by atoms with E-state index >= 15 is 0 Å². The molecule has 0 saturated heterocycles. The lowest BCUT2D eigenvalue weighted by molar-refractivity contribution is -0.127. The van der Waals surface area contributed by atoms with E-state index in [-0.39, 0.29) is 5.41 Å². The molecule has 0 heterocycles. The van der Waals surface area contributed by atoms with Crippen LogP contribution in [-0.2, 0) is 4.79 Å². The number of rotatable bonds is 1. The van der Waals surface area contributed by atoms with Gasteiger partial charge in [0.15, 0.2) is 0 Å². The fourth-order valence-corrected chi connectivity index (χ4v) is 4.03. The van der Waals surface area contributed by atoms with Crippen LogP contribution in [0, 0.1) is 35.0 Å². The van der Waals surface area contributed by atoms with Gasteiger partial charge in [-0.15, -0.1) is 6.58 Å². The number of hydrogen-bond acceptors (Lipinski definition) is 1. The largest absolute Gasteiger partial charge is 0.299 e. The molecule has 0 aromatic heterocycles. The molecule has 0 N–H and O–H groups in total. The third-order valence-electron chi connectivity index (χ3n) is 4.79. The maximum atomic E-state index is 12.0. The van der Waals surface area contributed by atoms with Gasteiger partial charge in [-0.25, -0.2) is 0 Å². The minimum atomic E-state index is -0.0242. The number of carbonyl (C=O) groups excluding carboxylic acids is 1. The Balaban J connectivity index is 2.01. The lowest BCUT2D eigenvalue weighted by atomic mass is 9.78. The number of fused-ring (bicyclic) bond motifs is 1. The molecule has 2 unspecified atom stereocenters. The Bertz CT molecular complexity index is 302. The lowest BCUT2D eigenvalue weighted by Crippen LogP contribution is -2.27. The maximum absolute atomic E-state index is 12.0. The van der Waals surface area contributed by atoms with Gasteiger partial charge in [0.2, 0.25) is 0 Å². The minimum absolute atomic E-state index is 0.0242. The Morgan fingerprint density at radius 3 is 2.62 bits per heavy atom. The third-order valence-corrected chi connectivity index (χ3v) is 4.79. The standard InChI is InChI=1S/C12H16O/c1-4-6-5-7-9-8(6)10(9)11(13)12(7,2)3/h4,6-10H,1,5H2,2-3H3/t6-,7-,8?,9-,10?/m1/s1. The van der Waals surface area contributed by atoms with Gasteiger partial charge in [0, 0.05) is 11.3 Å². The summed E-state index contributed by atoms with van der Waals surface area (Å²) in [6.07, 6.45) is 3.29. The summed E-state index contributed by atoms with van der Waals surface area (Å²) in [5.74, 6) is 3.71. The van der Waals surface area contributed by atoms with Gasteiger partial charge in [-0.1, -0.05) is 19.9 Å². The molecule has 3 aliphatic carbocycles. The maximum Gasteiger partial charge on any atom is 0.142 e. The van der Waals surface area contributed by atoms with Crippen LogP contribution < -0.4 is 0 Å². The molecule has 1 heteroatoms. The van der Waals surface area contributed by atoms with E-state index in [9.17, 15) is 4.79 Å². The van der Waals surface area contributed by atoms with Crippen LogP contribution in [0.5, 0.6) is 0 Å². The molecule has 0 radical (unpaired) electrons. The summed E-state index contributed by atoms with van der Waals surface area (Å²) in [5, 5.41) is 0. The molecule has 0 bridgehead atoms. The van der Waals surface area contributed by atoms with Gasteiger partial charge in [-0.2, -0.15) is 0 Å². The average molecular weight is 176 g/mol. The van der Waals surface area contributed by atoms with Crippen molar-refractivity contribution in [2.45, 2.75) is 20.3 Å². The van der Waals surface area contributed by atoms with E-state index in [1.807, 2.05) is 0 Å². The van der Waals surface area contributed by atoms with Crippen LogP contribution in [0.1, 0.15) is 20.3 Å². The molecule has 3 rings (SSSR count). The first-order valence-corrected chi connectivity index (χ1v) is 5.26. The Morgan fingerprint density at radius 2 is 2.15 bits per heavy atom. The van der Waals surface area contributed by atoms with Gasteiger partial charge < -0.3 is 0 Å². The Labute approximate surface area is 79.2 Å². The van der Waals surface area contributed by atoms with E-state index in [2.05, 4.69) is 26.5 Å². The van der Waals surface area contributed by atoms with Crippen LogP contribution in [0.4, 0.5) is 0 Å². The number of allylic oxidation sites excluding steroid dienone is 1. The van der Waals surface area contributed by atoms with Gasteiger partial charge in [0.1, 0.15) is 5.78 Å². The van der Waals surface area contributed by atoms with Crippen molar-refractivity contribution in [1.29, 1.82) is 0 Å². The van der Waals surface area contributed by atoms with Gasteiger partial charge in [-0.3, -0.25) is 4.79 Å². The van der Waals surface area contributed by atoms with Crippen molar-refractivity contribution in [3.8, 4) is 0 Å². The molecule has 3 fully saturated rings. The second kappa shape index (κ2) is 1.92. The average Bonchev–Trinajstić information content (AvgIpc) is 2.64. The number of Topliss-reactive ketones (excluding diaryl/α,β-unsaturated/α-hetero) is 1. The summed E-state index contributed by atoms with van der Waals surface area (Å²) in [6.45, 7) is 8.15. The molecule has 3 aliphatic rings. The van der Waals surface area contributed by atoms with Crippen molar-refractivity contribution in [2.24, 2.45) is 35.0 Å². The highest BCUT2D eigenvalue weighted by Gasteiger charge is 2.74. The summed E-state index contributed by atoms with van der Waals surface area (Å²) in [7, 11) is 0. The first kappa shape index (κ1) is 7.78. The van der Waals surface area contributed by atoms with Crippen LogP contribution in [0.15, 0.2) is 12.7 Å². The van der Waals surface area contributed by atoms with Crippen LogP contribution in [0.3, 0.4) is 0 Å². The van der Waals surface area contributed by atoms with Crippen molar-refractivity contribution in [1.82, 2.24) is 0 Å². The fraction of sp³-hybridized carbons (Fsp3) is 0.750. The summed E-state index contributed by atoms with van der Waals surface area (Å²) < 4.78 is 0. The summed E-state index contributed by atoms with van der Waals surface area (Å²) in [6, 6.07) is 0. The quantitative estimate of drug-likeness (QED) is 0.560. The zero-order chi connectivity index (χ0) is 9.38. The SMILES string of the molecule is C=C[C@@H]1C[C@@H]2[C@H]3C(C(=O)C2(C)C)C31. The minimum Gasteiger partial charge on any atom is -0.299 e. The summed E-state index contributed by atoms with van der Waals surface area (Å²) in [4.78, 5) is 12.0. The van der Waals surface area contributed by atoms with Crippen molar-refractivity contribution >= 4 is 5.78 Å².